The van der Waals surface area contributed by atoms with Crippen LogP contribution < -0.4 is 5.73 Å². The molecule has 2 heterocycles. The number of nitrogens with zero attached hydrogens (tertiary/aromatic N) is 3. The van der Waals surface area contributed by atoms with Crippen LogP contribution in [0, 0.1) is 5.82 Å². The Morgan fingerprint density at radius 3 is 2.83 bits per heavy atom. The number of ether oxygens (including phenoxy) is 1. The Balaban J connectivity index is 1.78. The monoisotopic (exact) mass is 332 g/mol. The Labute approximate surface area is 140 Å². The van der Waals surface area contributed by atoms with E-state index < -0.39 is 5.54 Å². The van der Waals surface area contributed by atoms with Crippen molar-refractivity contribution in [2.45, 2.75) is 24.9 Å². The third kappa shape index (κ3) is 3.05. The Hall–Kier alpha value is -2.25. The highest BCUT2D eigenvalue weighted by molar-refractivity contribution is 5.85. The molecule has 0 radical (unpaired) electrons. The van der Waals surface area contributed by atoms with Crippen molar-refractivity contribution < 1.29 is 13.9 Å². The molecule has 1 amide bonds. The predicted molar refractivity (Wildman–Crippen MR) is 87.0 cm³/mol. The van der Waals surface area contributed by atoms with E-state index in [9.17, 15) is 9.18 Å². The molecule has 0 aliphatic carbocycles. The quantitative estimate of drug-likeness (QED) is 0.869. The average molecular weight is 332 g/mol. The molecule has 1 aromatic heterocycles. The van der Waals surface area contributed by atoms with Crippen LogP contribution >= 0.6 is 0 Å². The summed E-state index contributed by atoms with van der Waals surface area (Å²) in [6.07, 6.45) is 5.23. The maximum absolute atomic E-state index is 13.0. The molecule has 2 aromatic rings. The minimum Gasteiger partial charge on any atom is -0.382 e. The third-order valence-corrected chi connectivity index (χ3v) is 4.57. The van der Waals surface area contributed by atoms with Crippen LogP contribution in [0.15, 0.2) is 36.7 Å². The first-order valence-electron chi connectivity index (χ1n) is 7.88. The number of carbonyl (C=O) groups excluding carboxylic acids is 1. The van der Waals surface area contributed by atoms with Crippen LogP contribution in [-0.2, 0) is 16.1 Å². The first kappa shape index (κ1) is 16.6. The van der Waals surface area contributed by atoms with Crippen LogP contribution in [0.3, 0.4) is 0 Å². The Morgan fingerprint density at radius 1 is 1.42 bits per heavy atom. The summed E-state index contributed by atoms with van der Waals surface area (Å²) in [5.41, 5.74) is 6.64. The van der Waals surface area contributed by atoms with Gasteiger partial charge in [-0.1, -0.05) is 0 Å². The van der Waals surface area contributed by atoms with Crippen LogP contribution in [0.4, 0.5) is 4.39 Å². The van der Waals surface area contributed by atoms with Crippen molar-refractivity contribution in [3.63, 3.8) is 0 Å². The van der Waals surface area contributed by atoms with E-state index in [4.69, 9.17) is 10.5 Å². The zero-order valence-corrected chi connectivity index (χ0v) is 13.6. The molecular weight excluding hydrogens is 311 g/mol. The lowest BCUT2D eigenvalue weighted by molar-refractivity contribution is -0.132. The zero-order valence-electron chi connectivity index (χ0n) is 13.6. The van der Waals surface area contributed by atoms with E-state index in [1.807, 2.05) is 6.20 Å². The zero-order chi connectivity index (χ0) is 17.2. The molecule has 1 saturated heterocycles. The number of aromatic nitrogens is 2. The van der Waals surface area contributed by atoms with Crippen LogP contribution in [-0.4, -0.2) is 46.4 Å². The second kappa shape index (κ2) is 6.70. The SMILES string of the molecule is COCC1(C(N)=O)CCCN1Cc1cnn(-c2ccc(F)cc2)c1. The third-order valence-electron chi connectivity index (χ3n) is 4.57. The summed E-state index contributed by atoms with van der Waals surface area (Å²) in [4.78, 5) is 14.1. The van der Waals surface area contributed by atoms with Gasteiger partial charge in [0, 0.05) is 25.4 Å². The molecule has 3 rings (SSSR count). The second-order valence-corrected chi connectivity index (χ2v) is 6.12. The van der Waals surface area contributed by atoms with Gasteiger partial charge in [0.25, 0.3) is 0 Å². The fourth-order valence-corrected chi connectivity index (χ4v) is 3.31. The van der Waals surface area contributed by atoms with Gasteiger partial charge in [0.15, 0.2) is 0 Å². The van der Waals surface area contributed by atoms with Gasteiger partial charge >= 0.3 is 0 Å². The van der Waals surface area contributed by atoms with Gasteiger partial charge in [-0.3, -0.25) is 9.69 Å². The Kier molecular flexibility index (Phi) is 4.64. The fourth-order valence-electron chi connectivity index (χ4n) is 3.31. The summed E-state index contributed by atoms with van der Waals surface area (Å²) >= 11 is 0. The van der Waals surface area contributed by atoms with Crippen LogP contribution in [0.2, 0.25) is 0 Å². The molecule has 7 heteroatoms. The van der Waals surface area contributed by atoms with Gasteiger partial charge in [0.2, 0.25) is 5.91 Å². The first-order valence-corrected chi connectivity index (χ1v) is 7.88. The smallest absolute Gasteiger partial charge is 0.240 e. The number of methoxy groups -OCH3 is 1. The van der Waals surface area contributed by atoms with E-state index in [0.29, 0.717) is 13.0 Å². The van der Waals surface area contributed by atoms with E-state index in [1.165, 1.54) is 12.1 Å². The fraction of sp³-hybridized carbons (Fsp3) is 0.412. The Morgan fingerprint density at radius 2 is 2.17 bits per heavy atom. The van der Waals surface area contributed by atoms with Crippen molar-refractivity contribution in [2.75, 3.05) is 20.3 Å². The maximum Gasteiger partial charge on any atom is 0.240 e. The van der Waals surface area contributed by atoms with E-state index >= 15 is 0 Å². The lowest BCUT2D eigenvalue weighted by atomic mass is 9.96. The maximum atomic E-state index is 13.0. The van der Waals surface area contributed by atoms with Crippen molar-refractivity contribution in [1.29, 1.82) is 0 Å². The molecule has 2 N–H and O–H groups in total. The van der Waals surface area contributed by atoms with E-state index in [2.05, 4.69) is 10.00 Å². The number of hydrogen-bond donors (Lipinski definition) is 1. The molecule has 1 aliphatic rings. The summed E-state index contributed by atoms with van der Waals surface area (Å²) in [5, 5.41) is 4.32. The standard InChI is InChI=1S/C17H21FN4O2/c1-24-12-17(16(19)23)7-2-8-21(17)10-13-9-20-22(11-13)15-5-3-14(18)4-6-15/h3-6,9,11H,2,7-8,10,12H2,1H3,(H2,19,23). The van der Waals surface area contributed by atoms with Gasteiger partial charge in [-0.2, -0.15) is 5.10 Å². The molecule has 1 fully saturated rings. The molecule has 0 bridgehead atoms. The summed E-state index contributed by atoms with van der Waals surface area (Å²) in [6.45, 7) is 1.63. The van der Waals surface area contributed by atoms with Crippen molar-refractivity contribution >= 4 is 5.91 Å². The van der Waals surface area contributed by atoms with Crippen molar-refractivity contribution in [1.82, 2.24) is 14.7 Å². The van der Waals surface area contributed by atoms with Crippen LogP contribution in [0.25, 0.3) is 5.69 Å². The van der Waals surface area contributed by atoms with Crippen molar-refractivity contribution in [2.24, 2.45) is 5.73 Å². The number of hydrogen-bond acceptors (Lipinski definition) is 4. The van der Waals surface area contributed by atoms with E-state index in [-0.39, 0.29) is 18.3 Å². The molecular formula is C17H21FN4O2. The molecule has 0 saturated carbocycles. The number of likely N-dealkylation sites (tertiary alicyclic amines) is 1. The lowest BCUT2D eigenvalue weighted by Gasteiger charge is -2.34. The van der Waals surface area contributed by atoms with E-state index in [0.717, 1.165) is 24.2 Å². The number of carbonyl (C=O) groups is 1. The van der Waals surface area contributed by atoms with Gasteiger partial charge in [-0.25, -0.2) is 9.07 Å². The van der Waals surface area contributed by atoms with Crippen molar-refractivity contribution in [3.05, 3.63) is 48.0 Å². The van der Waals surface area contributed by atoms with E-state index in [1.54, 1.807) is 30.1 Å². The summed E-state index contributed by atoms with van der Waals surface area (Å²) in [7, 11) is 1.58. The average Bonchev–Trinajstić information content (AvgIpc) is 3.17. The molecule has 6 nitrogen and oxygen atoms in total. The largest absolute Gasteiger partial charge is 0.382 e. The molecule has 128 valence electrons. The number of benzene rings is 1. The Bertz CT molecular complexity index is 716. The molecule has 1 atom stereocenters. The molecule has 24 heavy (non-hydrogen) atoms. The highest BCUT2D eigenvalue weighted by Crippen LogP contribution is 2.31. The van der Waals surface area contributed by atoms with Crippen LogP contribution in [0.1, 0.15) is 18.4 Å². The predicted octanol–water partition coefficient (Wildman–Crippen LogP) is 1.48. The van der Waals surface area contributed by atoms with Crippen LogP contribution in [0.5, 0.6) is 0 Å². The highest BCUT2D eigenvalue weighted by Gasteiger charge is 2.46. The molecule has 1 unspecified atom stereocenters. The number of halogens is 1. The van der Waals surface area contributed by atoms with Gasteiger partial charge in [0.05, 0.1) is 18.5 Å². The summed E-state index contributed by atoms with van der Waals surface area (Å²) in [6, 6.07) is 6.13. The number of amides is 1. The topological polar surface area (TPSA) is 73.4 Å². The number of rotatable bonds is 6. The van der Waals surface area contributed by atoms with Gasteiger partial charge in [-0.15, -0.1) is 0 Å². The number of primary amides is 1. The summed E-state index contributed by atoms with van der Waals surface area (Å²) in [5.74, 6) is -0.637. The number of nitrogens with two attached hydrogens (primary N) is 1. The van der Waals surface area contributed by atoms with Crippen molar-refractivity contribution in [3.8, 4) is 5.69 Å². The first-order chi connectivity index (χ1) is 11.5. The van der Waals surface area contributed by atoms with Gasteiger partial charge in [-0.05, 0) is 43.7 Å². The molecule has 0 spiro atoms. The van der Waals surface area contributed by atoms with Gasteiger partial charge < -0.3 is 10.5 Å². The lowest BCUT2D eigenvalue weighted by Crippen LogP contribution is -2.56. The molecule has 1 aliphatic heterocycles. The second-order valence-electron chi connectivity index (χ2n) is 6.12. The minimum atomic E-state index is -0.757. The van der Waals surface area contributed by atoms with Gasteiger partial charge in [0.1, 0.15) is 11.4 Å². The normalized spacial score (nSPS) is 21.2. The summed E-state index contributed by atoms with van der Waals surface area (Å²) < 4.78 is 20.0. The minimum absolute atomic E-state index is 0.283. The highest BCUT2D eigenvalue weighted by atomic mass is 19.1. The molecule has 1 aromatic carbocycles.